The van der Waals surface area contributed by atoms with Gasteiger partial charge in [-0.25, -0.2) is 0 Å². The fraction of sp³-hybridized carbons (Fsp3) is 0.500. The van der Waals surface area contributed by atoms with Crippen LogP contribution in [0.2, 0.25) is 0 Å². The van der Waals surface area contributed by atoms with Crippen LogP contribution in [0.5, 0.6) is 5.75 Å². The molecule has 0 amide bonds. The van der Waals surface area contributed by atoms with Gasteiger partial charge in [0.2, 0.25) is 0 Å². The maximum Gasteiger partial charge on any atom is 0.119 e. The van der Waals surface area contributed by atoms with Gasteiger partial charge in [0.25, 0.3) is 0 Å². The second-order valence-corrected chi connectivity index (χ2v) is 3.77. The number of rotatable bonds is 4. The van der Waals surface area contributed by atoms with E-state index in [0.717, 1.165) is 25.4 Å². The molecular weight excluding hydrogens is 190 g/mol. The Balaban J connectivity index is 1.96. The third kappa shape index (κ3) is 2.70. The Labute approximate surface area is 90.2 Å². The highest BCUT2D eigenvalue weighted by Crippen LogP contribution is 2.26. The van der Waals surface area contributed by atoms with E-state index in [-0.39, 0.29) is 0 Å². The zero-order chi connectivity index (χ0) is 10.5. The van der Waals surface area contributed by atoms with Gasteiger partial charge < -0.3 is 15.2 Å². The highest BCUT2D eigenvalue weighted by atomic mass is 16.5. The third-order valence-corrected chi connectivity index (χ3v) is 2.67. The number of nitrogens with two attached hydrogens (primary N) is 1. The van der Waals surface area contributed by atoms with Crippen molar-refractivity contribution in [3.8, 4) is 5.75 Å². The van der Waals surface area contributed by atoms with Crippen LogP contribution in [0, 0.1) is 0 Å². The fourth-order valence-electron chi connectivity index (χ4n) is 1.81. The van der Waals surface area contributed by atoms with Gasteiger partial charge in [-0.3, -0.25) is 0 Å². The predicted octanol–water partition coefficient (Wildman–Crippen LogP) is 1.53. The monoisotopic (exact) mass is 207 g/mol. The Kier molecular flexibility index (Phi) is 3.59. The third-order valence-electron chi connectivity index (χ3n) is 2.67. The molecule has 1 saturated heterocycles. The summed E-state index contributed by atoms with van der Waals surface area (Å²) in [4.78, 5) is 0. The lowest BCUT2D eigenvalue weighted by atomic mass is 9.99. The molecule has 82 valence electrons. The zero-order valence-electron chi connectivity index (χ0n) is 8.82. The first kappa shape index (κ1) is 10.5. The highest BCUT2D eigenvalue weighted by Gasteiger charge is 2.17. The van der Waals surface area contributed by atoms with E-state index in [4.69, 9.17) is 15.2 Å². The summed E-state index contributed by atoms with van der Waals surface area (Å²) in [5.41, 5.74) is 6.70. The number of benzene rings is 1. The van der Waals surface area contributed by atoms with Crippen LogP contribution in [0.25, 0.3) is 0 Å². The van der Waals surface area contributed by atoms with E-state index >= 15 is 0 Å². The SMILES string of the molecule is NCCOc1ccc(C2CCOC2)cc1. The van der Waals surface area contributed by atoms with Gasteiger partial charge in [0.15, 0.2) is 0 Å². The van der Waals surface area contributed by atoms with Gasteiger partial charge in [-0.15, -0.1) is 0 Å². The lowest BCUT2D eigenvalue weighted by molar-refractivity contribution is 0.194. The first-order chi connectivity index (χ1) is 7.40. The molecule has 1 aliphatic heterocycles. The standard InChI is InChI=1S/C12H17NO2/c13-6-8-15-12-3-1-10(2-4-12)11-5-7-14-9-11/h1-4,11H,5-9,13H2. The molecule has 1 aromatic carbocycles. The Hall–Kier alpha value is -1.06. The highest BCUT2D eigenvalue weighted by molar-refractivity contribution is 5.29. The van der Waals surface area contributed by atoms with Gasteiger partial charge in [-0.1, -0.05) is 12.1 Å². The first-order valence-electron chi connectivity index (χ1n) is 5.40. The van der Waals surface area contributed by atoms with E-state index in [1.807, 2.05) is 12.1 Å². The molecule has 2 rings (SSSR count). The van der Waals surface area contributed by atoms with Crippen molar-refractivity contribution in [3.63, 3.8) is 0 Å². The topological polar surface area (TPSA) is 44.5 Å². The number of hydrogen-bond donors (Lipinski definition) is 1. The second-order valence-electron chi connectivity index (χ2n) is 3.77. The van der Waals surface area contributed by atoms with Gasteiger partial charge >= 0.3 is 0 Å². The van der Waals surface area contributed by atoms with E-state index in [1.165, 1.54) is 5.56 Å². The Morgan fingerprint density at radius 1 is 1.33 bits per heavy atom. The van der Waals surface area contributed by atoms with Gasteiger partial charge in [-0.2, -0.15) is 0 Å². The summed E-state index contributed by atoms with van der Waals surface area (Å²) in [7, 11) is 0. The molecule has 1 unspecified atom stereocenters. The van der Waals surface area contributed by atoms with Crippen LogP contribution < -0.4 is 10.5 Å². The van der Waals surface area contributed by atoms with Crippen LogP contribution in [-0.4, -0.2) is 26.4 Å². The maximum absolute atomic E-state index is 5.42. The van der Waals surface area contributed by atoms with Crippen LogP contribution >= 0.6 is 0 Å². The minimum Gasteiger partial charge on any atom is -0.492 e. The molecule has 3 heteroatoms. The van der Waals surface area contributed by atoms with E-state index in [2.05, 4.69) is 12.1 Å². The van der Waals surface area contributed by atoms with Gasteiger partial charge in [0, 0.05) is 19.1 Å². The van der Waals surface area contributed by atoms with Crippen LogP contribution in [0.1, 0.15) is 17.9 Å². The Bertz CT molecular complexity index is 291. The lowest BCUT2D eigenvalue weighted by Gasteiger charge is -2.09. The summed E-state index contributed by atoms with van der Waals surface area (Å²) in [6.07, 6.45) is 1.13. The summed E-state index contributed by atoms with van der Waals surface area (Å²) < 4.78 is 10.8. The molecule has 1 fully saturated rings. The summed E-state index contributed by atoms with van der Waals surface area (Å²) >= 11 is 0. The zero-order valence-corrected chi connectivity index (χ0v) is 8.82. The number of hydrogen-bond acceptors (Lipinski definition) is 3. The minimum absolute atomic E-state index is 0.554. The summed E-state index contributed by atoms with van der Waals surface area (Å²) in [5, 5.41) is 0. The van der Waals surface area contributed by atoms with Crippen molar-refractivity contribution in [2.75, 3.05) is 26.4 Å². The summed E-state index contributed by atoms with van der Waals surface area (Å²) in [5.74, 6) is 1.46. The molecule has 0 radical (unpaired) electrons. The van der Waals surface area contributed by atoms with Crippen LogP contribution in [0.4, 0.5) is 0 Å². The molecular formula is C12H17NO2. The molecule has 0 spiro atoms. The average molecular weight is 207 g/mol. The van der Waals surface area contributed by atoms with Crippen LogP contribution in [-0.2, 0) is 4.74 Å². The van der Waals surface area contributed by atoms with E-state index < -0.39 is 0 Å². The molecule has 0 aliphatic carbocycles. The van der Waals surface area contributed by atoms with E-state index in [9.17, 15) is 0 Å². The van der Waals surface area contributed by atoms with Crippen molar-refractivity contribution in [1.29, 1.82) is 0 Å². The molecule has 15 heavy (non-hydrogen) atoms. The lowest BCUT2D eigenvalue weighted by Crippen LogP contribution is -2.10. The Morgan fingerprint density at radius 2 is 2.13 bits per heavy atom. The molecule has 3 nitrogen and oxygen atoms in total. The van der Waals surface area contributed by atoms with Crippen molar-refractivity contribution < 1.29 is 9.47 Å². The maximum atomic E-state index is 5.42. The quantitative estimate of drug-likeness (QED) is 0.814. The van der Waals surface area contributed by atoms with Crippen molar-refractivity contribution in [2.24, 2.45) is 5.73 Å². The minimum atomic E-state index is 0.554. The predicted molar refractivity (Wildman–Crippen MR) is 59.2 cm³/mol. The van der Waals surface area contributed by atoms with Crippen molar-refractivity contribution in [3.05, 3.63) is 29.8 Å². The van der Waals surface area contributed by atoms with Crippen molar-refractivity contribution >= 4 is 0 Å². The second kappa shape index (κ2) is 5.14. The average Bonchev–Trinajstić information content (AvgIpc) is 2.80. The molecule has 1 aromatic rings. The molecule has 1 heterocycles. The van der Waals surface area contributed by atoms with Gasteiger partial charge in [0.05, 0.1) is 6.61 Å². The van der Waals surface area contributed by atoms with Crippen LogP contribution in [0.3, 0.4) is 0 Å². The molecule has 1 atom stereocenters. The molecule has 0 saturated carbocycles. The molecule has 0 aromatic heterocycles. The summed E-state index contributed by atoms with van der Waals surface area (Å²) in [6.45, 7) is 2.86. The normalized spacial score (nSPS) is 20.5. The van der Waals surface area contributed by atoms with Crippen LogP contribution in [0.15, 0.2) is 24.3 Å². The largest absolute Gasteiger partial charge is 0.492 e. The van der Waals surface area contributed by atoms with E-state index in [1.54, 1.807) is 0 Å². The van der Waals surface area contributed by atoms with Gasteiger partial charge in [-0.05, 0) is 24.1 Å². The summed E-state index contributed by atoms with van der Waals surface area (Å²) in [6, 6.07) is 8.24. The van der Waals surface area contributed by atoms with Crippen molar-refractivity contribution in [2.45, 2.75) is 12.3 Å². The Morgan fingerprint density at radius 3 is 2.73 bits per heavy atom. The van der Waals surface area contributed by atoms with E-state index in [0.29, 0.717) is 19.1 Å². The molecule has 1 aliphatic rings. The first-order valence-corrected chi connectivity index (χ1v) is 5.40. The van der Waals surface area contributed by atoms with Crippen molar-refractivity contribution in [1.82, 2.24) is 0 Å². The van der Waals surface area contributed by atoms with Gasteiger partial charge in [0.1, 0.15) is 12.4 Å². The molecule has 2 N–H and O–H groups in total. The molecule has 0 bridgehead atoms. The smallest absolute Gasteiger partial charge is 0.119 e. The fourth-order valence-corrected chi connectivity index (χ4v) is 1.81. The number of ether oxygens (including phenoxy) is 2.